The SMILES string of the molecule is Cc1ccccc1NC(=O)Cc1nc(-c2cccc3ccccc23)cs1. The number of carbonyl (C=O) groups is 1. The molecule has 4 aromatic rings. The fourth-order valence-corrected chi connectivity index (χ4v) is 3.80. The van der Waals surface area contributed by atoms with Crippen LogP contribution in [0.5, 0.6) is 0 Å². The molecule has 4 heteroatoms. The van der Waals surface area contributed by atoms with E-state index < -0.39 is 0 Å². The second kappa shape index (κ2) is 7.10. The summed E-state index contributed by atoms with van der Waals surface area (Å²) >= 11 is 1.52. The molecule has 128 valence electrons. The van der Waals surface area contributed by atoms with Crippen LogP contribution < -0.4 is 5.32 Å². The Morgan fingerprint density at radius 1 is 1.00 bits per heavy atom. The molecule has 4 rings (SSSR count). The molecule has 1 heterocycles. The van der Waals surface area contributed by atoms with Crippen molar-refractivity contribution in [1.82, 2.24) is 4.98 Å². The van der Waals surface area contributed by atoms with Crippen LogP contribution >= 0.6 is 11.3 Å². The Hall–Kier alpha value is -2.98. The number of rotatable bonds is 4. The molecule has 3 nitrogen and oxygen atoms in total. The first-order valence-corrected chi connectivity index (χ1v) is 9.37. The first-order valence-electron chi connectivity index (χ1n) is 8.49. The minimum Gasteiger partial charge on any atom is -0.325 e. The maximum atomic E-state index is 12.3. The number of aryl methyl sites for hydroxylation is 1. The van der Waals surface area contributed by atoms with Crippen molar-refractivity contribution < 1.29 is 4.79 Å². The third kappa shape index (κ3) is 3.37. The molecular formula is C22H18N2OS. The van der Waals surface area contributed by atoms with Gasteiger partial charge in [-0.2, -0.15) is 0 Å². The predicted molar refractivity (Wildman–Crippen MR) is 109 cm³/mol. The summed E-state index contributed by atoms with van der Waals surface area (Å²) in [5.74, 6) is -0.0434. The summed E-state index contributed by atoms with van der Waals surface area (Å²) in [6, 6.07) is 22.3. The zero-order valence-electron chi connectivity index (χ0n) is 14.4. The fourth-order valence-electron chi connectivity index (χ4n) is 3.01. The van der Waals surface area contributed by atoms with E-state index in [4.69, 9.17) is 4.98 Å². The standard InChI is InChI=1S/C22H18N2OS/c1-15-7-2-5-12-19(15)23-21(25)13-22-24-20(14-26-22)18-11-6-9-16-8-3-4-10-17(16)18/h2-12,14H,13H2,1H3,(H,23,25). The number of amides is 1. The van der Waals surface area contributed by atoms with Crippen molar-refractivity contribution in [3.05, 3.63) is 82.7 Å². The molecular weight excluding hydrogens is 340 g/mol. The van der Waals surface area contributed by atoms with Gasteiger partial charge < -0.3 is 5.32 Å². The zero-order chi connectivity index (χ0) is 17.9. The highest BCUT2D eigenvalue weighted by Gasteiger charge is 2.12. The first kappa shape index (κ1) is 16.5. The number of para-hydroxylation sites is 1. The highest BCUT2D eigenvalue weighted by atomic mass is 32.1. The Balaban J connectivity index is 1.55. The van der Waals surface area contributed by atoms with Crippen LogP contribution in [0.25, 0.3) is 22.0 Å². The van der Waals surface area contributed by atoms with Gasteiger partial charge in [-0.1, -0.05) is 60.7 Å². The topological polar surface area (TPSA) is 42.0 Å². The smallest absolute Gasteiger partial charge is 0.231 e. The molecule has 0 atom stereocenters. The quantitative estimate of drug-likeness (QED) is 0.527. The highest BCUT2D eigenvalue weighted by molar-refractivity contribution is 7.10. The van der Waals surface area contributed by atoms with Crippen molar-refractivity contribution >= 4 is 33.7 Å². The van der Waals surface area contributed by atoms with E-state index >= 15 is 0 Å². The van der Waals surface area contributed by atoms with Crippen LogP contribution in [0.15, 0.2) is 72.1 Å². The van der Waals surface area contributed by atoms with Crippen molar-refractivity contribution in [2.75, 3.05) is 5.32 Å². The molecule has 0 unspecified atom stereocenters. The van der Waals surface area contributed by atoms with Crippen molar-refractivity contribution in [2.45, 2.75) is 13.3 Å². The molecule has 3 aromatic carbocycles. The van der Waals surface area contributed by atoms with Crippen LogP contribution in [0.1, 0.15) is 10.6 Å². The monoisotopic (exact) mass is 358 g/mol. The third-order valence-electron chi connectivity index (χ3n) is 4.35. The number of nitrogens with one attached hydrogen (secondary N) is 1. The van der Waals surface area contributed by atoms with Gasteiger partial charge >= 0.3 is 0 Å². The molecule has 0 saturated carbocycles. The predicted octanol–water partition coefficient (Wildman–Crippen LogP) is 5.45. The van der Waals surface area contributed by atoms with Crippen molar-refractivity contribution in [1.29, 1.82) is 0 Å². The molecule has 1 aromatic heterocycles. The average molecular weight is 358 g/mol. The number of carbonyl (C=O) groups excluding carboxylic acids is 1. The van der Waals surface area contributed by atoms with Gasteiger partial charge in [0.2, 0.25) is 5.91 Å². The lowest BCUT2D eigenvalue weighted by Crippen LogP contribution is -2.14. The largest absolute Gasteiger partial charge is 0.325 e. The molecule has 0 aliphatic carbocycles. The number of nitrogens with zero attached hydrogens (tertiary/aromatic N) is 1. The first-order chi connectivity index (χ1) is 12.7. The molecule has 0 aliphatic rings. The van der Waals surface area contributed by atoms with Crippen molar-refractivity contribution in [2.24, 2.45) is 0 Å². The van der Waals surface area contributed by atoms with Gasteiger partial charge in [0, 0.05) is 16.6 Å². The lowest BCUT2D eigenvalue weighted by Gasteiger charge is -2.06. The van der Waals surface area contributed by atoms with Crippen LogP contribution in [-0.4, -0.2) is 10.9 Å². The zero-order valence-corrected chi connectivity index (χ0v) is 15.2. The van der Waals surface area contributed by atoms with E-state index in [1.54, 1.807) is 0 Å². The van der Waals surface area contributed by atoms with Crippen LogP contribution in [0, 0.1) is 6.92 Å². The molecule has 0 bridgehead atoms. The number of thiazole rings is 1. The third-order valence-corrected chi connectivity index (χ3v) is 5.20. The van der Waals surface area contributed by atoms with Gasteiger partial charge in [-0.05, 0) is 29.3 Å². The highest BCUT2D eigenvalue weighted by Crippen LogP contribution is 2.29. The van der Waals surface area contributed by atoms with Gasteiger partial charge in [-0.3, -0.25) is 4.79 Å². The average Bonchev–Trinajstić information content (AvgIpc) is 3.11. The van der Waals surface area contributed by atoms with Crippen molar-refractivity contribution in [3.63, 3.8) is 0 Å². The lowest BCUT2D eigenvalue weighted by molar-refractivity contribution is -0.115. The molecule has 26 heavy (non-hydrogen) atoms. The number of hydrogen-bond donors (Lipinski definition) is 1. The number of anilines is 1. The molecule has 1 amide bonds. The van der Waals surface area contributed by atoms with Crippen LogP contribution in [0.4, 0.5) is 5.69 Å². The van der Waals surface area contributed by atoms with Gasteiger partial charge in [-0.15, -0.1) is 11.3 Å². The van der Waals surface area contributed by atoms with Gasteiger partial charge in [0.15, 0.2) is 0 Å². The summed E-state index contributed by atoms with van der Waals surface area (Å²) in [5.41, 5.74) is 3.93. The van der Waals surface area contributed by atoms with E-state index in [-0.39, 0.29) is 12.3 Å². The summed E-state index contributed by atoms with van der Waals surface area (Å²) in [6.07, 6.45) is 0.282. The number of hydrogen-bond acceptors (Lipinski definition) is 3. The summed E-state index contributed by atoms with van der Waals surface area (Å²) in [6.45, 7) is 1.98. The Labute approximate surface area is 156 Å². The summed E-state index contributed by atoms with van der Waals surface area (Å²) in [7, 11) is 0. The van der Waals surface area contributed by atoms with Gasteiger partial charge in [0.1, 0.15) is 5.01 Å². The Bertz CT molecular complexity index is 1080. The van der Waals surface area contributed by atoms with Crippen LogP contribution in [0.2, 0.25) is 0 Å². The maximum Gasteiger partial charge on any atom is 0.231 e. The summed E-state index contributed by atoms with van der Waals surface area (Å²) in [4.78, 5) is 17.0. The molecule has 1 N–H and O–H groups in total. The van der Waals surface area contributed by atoms with Gasteiger partial charge in [0.25, 0.3) is 0 Å². The Morgan fingerprint density at radius 2 is 1.77 bits per heavy atom. The van der Waals surface area contributed by atoms with E-state index in [0.29, 0.717) is 0 Å². The Morgan fingerprint density at radius 3 is 2.65 bits per heavy atom. The van der Waals surface area contributed by atoms with E-state index in [2.05, 4.69) is 29.6 Å². The summed E-state index contributed by atoms with van der Waals surface area (Å²) < 4.78 is 0. The number of benzene rings is 3. The minimum absolute atomic E-state index is 0.0434. The molecule has 0 fully saturated rings. The van der Waals surface area contributed by atoms with E-state index in [1.807, 2.05) is 54.8 Å². The van der Waals surface area contributed by atoms with Crippen LogP contribution in [0.3, 0.4) is 0 Å². The summed E-state index contributed by atoms with van der Waals surface area (Å²) in [5, 5.41) is 8.18. The lowest BCUT2D eigenvalue weighted by atomic mass is 10.0. The van der Waals surface area contributed by atoms with E-state index in [9.17, 15) is 4.79 Å². The number of aromatic nitrogens is 1. The second-order valence-corrected chi connectivity index (χ2v) is 7.14. The fraction of sp³-hybridized carbons (Fsp3) is 0.0909. The maximum absolute atomic E-state index is 12.3. The van der Waals surface area contributed by atoms with E-state index in [0.717, 1.165) is 27.5 Å². The minimum atomic E-state index is -0.0434. The second-order valence-electron chi connectivity index (χ2n) is 6.19. The van der Waals surface area contributed by atoms with Gasteiger partial charge in [0.05, 0.1) is 12.1 Å². The molecule has 0 aliphatic heterocycles. The van der Waals surface area contributed by atoms with Crippen LogP contribution in [-0.2, 0) is 11.2 Å². The van der Waals surface area contributed by atoms with Crippen molar-refractivity contribution in [3.8, 4) is 11.3 Å². The van der Waals surface area contributed by atoms with E-state index in [1.165, 1.54) is 22.1 Å². The Kier molecular flexibility index (Phi) is 4.50. The van der Waals surface area contributed by atoms with Gasteiger partial charge in [-0.25, -0.2) is 4.98 Å². The normalized spacial score (nSPS) is 10.8. The molecule has 0 saturated heterocycles. The number of fused-ring (bicyclic) bond motifs is 1. The molecule has 0 spiro atoms. The molecule has 0 radical (unpaired) electrons.